The summed E-state index contributed by atoms with van der Waals surface area (Å²) in [6.45, 7) is 11.9. The standard InChI is InChI=1S/C10H25N3/c1-4-10(3)13-9-8-12-7-6-11-5-2/h10-13H,4-9H2,1-3H3. The normalized spacial score (nSPS) is 13.2. The minimum Gasteiger partial charge on any atom is -0.316 e. The van der Waals surface area contributed by atoms with E-state index >= 15 is 0 Å². The van der Waals surface area contributed by atoms with Gasteiger partial charge in [0, 0.05) is 32.2 Å². The lowest BCUT2D eigenvalue weighted by Crippen LogP contribution is -2.35. The molecule has 3 heteroatoms. The van der Waals surface area contributed by atoms with Gasteiger partial charge in [-0.25, -0.2) is 0 Å². The first-order chi connectivity index (χ1) is 6.31. The third-order valence-electron chi connectivity index (χ3n) is 2.14. The summed E-state index contributed by atoms with van der Waals surface area (Å²) in [5, 5.41) is 10.1. The van der Waals surface area contributed by atoms with Crippen LogP contribution in [-0.2, 0) is 0 Å². The molecule has 1 unspecified atom stereocenters. The van der Waals surface area contributed by atoms with E-state index in [0.29, 0.717) is 6.04 Å². The third-order valence-corrected chi connectivity index (χ3v) is 2.14. The van der Waals surface area contributed by atoms with E-state index in [-0.39, 0.29) is 0 Å². The lowest BCUT2D eigenvalue weighted by atomic mass is 10.3. The number of likely N-dealkylation sites (N-methyl/N-ethyl adjacent to an activating group) is 1. The summed E-state index contributed by atoms with van der Waals surface area (Å²) in [5.41, 5.74) is 0. The molecule has 3 N–H and O–H groups in total. The number of nitrogens with one attached hydrogen (secondary N) is 3. The van der Waals surface area contributed by atoms with E-state index in [1.165, 1.54) is 6.42 Å². The first-order valence-corrected chi connectivity index (χ1v) is 5.46. The molecule has 0 aliphatic rings. The molecule has 0 saturated heterocycles. The van der Waals surface area contributed by atoms with E-state index in [4.69, 9.17) is 0 Å². The van der Waals surface area contributed by atoms with Crippen molar-refractivity contribution in [1.82, 2.24) is 16.0 Å². The minimum atomic E-state index is 0.649. The van der Waals surface area contributed by atoms with Crippen molar-refractivity contribution < 1.29 is 0 Å². The van der Waals surface area contributed by atoms with Crippen molar-refractivity contribution in [3.8, 4) is 0 Å². The van der Waals surface area contributed by atoms with Gasteiger partial charge in [0.1, 0.15) is 0 Å². The molecule has 0 spiro atoms. The van der Waals surface area contributed by atoms with Crippen LogP contribution in [0.25, 0.3) is 0 Å². The molecule has 0 radical (unpaired) electrons. The Morgan fingerprint density at radius 3 is 2.15 bits per heavy atom. The van der Waals surface area contributed by atoms with Crippen LogP contribution in [0.2, 0.25) is 0 Å². The number of hydrogen-bond acceptors (Lipinski definition) is 3. The number of rotatable bonds is 9. The highest BCUT2D eigenvalue weighted by atomic mass is 15.0. The monoisotopic (exact) mass is 187 g/mol. The van der Waals surface area contributed by atoms with Gasteiger partial charge in [-0.15, -0.1) is 0 Å². The maximum atomic E-state index is 3.44. The van der Waals surface area contributed by atoms with E-state index < -0.39 is 0 Å². The Labute approximate surface area is 82.7 Å². The quantitative estimate of drug-likeness (QED) is 0.462. The molecule has 0 amide bonds. The molecule has 0 fully saturated rings. The topological polar surface area (TPSA) is 36.1 Å². The van der Waals surface area contributed by atoms with Gasteiger partial charge in [0.15, 0.2) is 0 Å². The molecule has 0 rings (SSSR count). The Hall–Kier alpha value is -0.120. The largest absolute Gasteiger partial charge is 0.316 e. The zero-order chi connectivity index (χ0) is 9.94. The predicted molar refractivity (Wildman–Crippen MR) is 59.2 cm³/mol. The Balaban J connectivity index is 2.91. The average Bonchev–Trinajstić information content (AvgIpc) is 2.16. The van der Waals surface area contributed by atoms with Gasteiger partial charge < -0.3 is 16.0 Å². The van der Waals surface area contributed by atoms with Crippen LogP contribution in [0.15, 0.2) is 0 Å². The maximum Gasteiger partial charge on any atom is 0.00792 e. The summed E-state index contributed by atoms with van der Waals surface area (Å²) in [6.07, 6.45) is 1.21. The SMILES string of the molecule is CCNCCNCCNC(C)CC. The molecule has 0 aromatic carbocycles. The molecule has 1 atom stereocenters. The van der Waals surface area contributed by atoms with Gasteiger partial charge in [-0.05, 0) is 19.9 Å². The second-order valence-electron chi connectivity index (χ2n) is 3.37. The summed E-state index contributed by atoms with van der Waals surface area (Å²) < 4.78 is 0. The predicted octanol–water partition coefficient (Wildman–Crippen LogP) is 0.574. The molecule has 0 aromatic rings. The van der Waals surface area contributed by atoms with Crippen molar-refractivity contribution in [2.45, 2.75) is 33.2 Å². The fraction of sp³-hybridized carbons (Fsp3) is 1.00. The summed E-state index contributed by atoms with van der Waals surface area (Å²) in [7, 11) is 0. The maximum absolute atomic E-state index is 3.44. The zero-order valence-electron chi connectivity index (χ0n) is 9.32. The molecule has 13 heavy (non-hydrogen) atoms. The molecule has 0 aliphatic heterocycles. The van der Waals surface area contributed by atoms with Crippen LogP contribution in [0.3, 0.4) is 0 Å². The van der Waals surface area contributed by atoms with E-state index in [1.54, 1.807) is 0 Å². The lowest BCUT2D eigenvalue weighted by molar-refractivity contribution is 0.514. The van der Waals surface area contributed by atoms with Crippen LogP contribution in [0.4, 0.5) is 0 Å². The summed E-state index contributed by atoms with van der Waals surface area (Å²) in [5.74, 6) is 0. The molecule has 80 valence electrons. The van der Waals surface area contributed by atoms with Crippen molar-refractivity contribution in [3.05, 3.63) is 0 Å². The third kappa shape index (κ3) is 9.80. The molecule has 0 aliphatic carbocycles. The van der Waals surface area contributed by atoms with Gasteiger partial charge in [0.05, 0.1) is 0 Å². The zero-order valence-corrected chi connectivity index (χ0v) is 9.32. The highest BCUT2D eigenvalue weighted by Crippen LogP contribution is 1.84. The van der Waals surface area contributed by atoms with Gasteiger partial charge in [0.25, 0.3) is 0 Å². The van der Waals surface area contributed by atoms with Gasteiger partial charge in [-0.2, -0.15) is 0 Å². The van der Waals surface area contributed by atoms with Gasteiger partial charge in [-0.3, -0.25) is 0 Å². The van der Waals surface area contributed by atoms with Crippen LogP contribution >= 0.6 is 0 Å². The van der Waals surface area contributed by atoms with Gasteiger partial charge in [0.2, 0.25) is 0 Å². The number of hydrogen-bond donors (Lipinski definition) is 3. The van der Waals surface area contributed by atoms with Crippen LogP contribution in [0.5, 0.6) is 0 Å². The first kappa shape index (κ1) is 12.9. The van der Waals surface area contributed by atoms with Crippen molar-refractivity contribution in [3.63, 3.8) is 0 Å². The minimum absolute atomic E-state index is 0.649. The summed E-state index contributed by atoms with van der Waals surface area (Å²) in [4.78, 5) is 0. The lowest BCUT2D eigenvalue weighted by Gasteiger charge is -2.11. The Morgan fingerprint density at radius 2 is 1.54 bits per heavy atom. The smallest absolute Gasteiger partial charge is 0.00792 e. The molecule has 3 nitrogen and oxygen atoms in total. The average molecular weight is 187 g/mol. The van der Waals surface area contributed by atoms with Gasteiger partial charge >= 0.3 is 0 Å². The highest BCUT2D eigenvalue weighted by Gasteiger charge is 1.94. The van der Waals surface area contributed by atoms with E-state index in [0.717, 1.165) is 32.7 Å². The molecule has 0 saturated carbocycles. The molecule has 0 bridgehead atoms. The van der Waals surface area contributed by atoms with Crippen LogP contribution in [-0.4, -0.2) is 38.8 Å². The summed E-state index contributed by atoms with van der Waals surface area (Å²) in [6, 6.07) is 0.649. The molecular formula is C10H25N3. The van der Waals surface area contributed by atoms with Crippen LogP contribution in [0, 0.1) is 0 Å². The Morgan fingerprint density at radius 1 is 0.923 bits per heavy atom. The molecule has 0 aromatic heterocycles. The second-order valence-corrected chi connectivity index (χ2v) is 3.37. The van der Waals surface area contributed by atoms with E-state index in [1.807, 2.05) is 0 Å². The molecular weight excluding hydrogens is 162 g/mol. The van der Waals surface area contributed by atoms with Crippen molar-refractivity contribution in [1.29, 1.82) is 0 Å². The second kappa shape index (κ2) is 9.96. The van der Waals surface area contributed by atoms with Crippen molar-refractivity contribution in [2.75, 3.05) is 32.7 Å². The Bertz CT molecular complexity index is 96.2. The fourth-order valence-electron chi connectivity index (χ4n) is 1.03. The summed E-state index contributed by atoms with van der Waals surface area (Å²) >= 11 is 0. The first-order valence-electron chi connectivity index (χ1n) is 5.46. The van der Waals surface area contributed by atoms with Crippen LogP contribution in [0.1, 0.15) is 27.2 Å². The fourth-order valence-corrected chi connectivity index (χ4v) is 1.03. The van der Waals surface area contributed by atoms with Crippen molar-refractivity contribution in [2.24, 2.45) is 0 Å². The Kier molecular flexibility index (Phi) is 9.87. The molecule has 0 heterocycles. The van der Waals surface area contributed by atoms with E-state index in [9.17, 15) is 0 Å². The van der Waals surface area contributed by atoms with E-state index in [2.05, 4.69) is 36.7 Å². The van der Waals surface area contributed by atoms with Crippen molar-refractivity contribution >= 4 is 0 Å². The highest BCUT2D eigenvalue weighted by molar-refractivity contribution is 4.59. The van der Waals surface area contributed by atoms with Gasteiger partial charge in [-0.1, -0.05) is 13.8 Å². The van der Waals surface area contributed by atoms with Crippen LogP contribution < -0.4 is 16.0 Å².